The maximum absolute atomic E-state index is 13.4. The van der Waals surface area contributed by atoms with Gasteiger partial charge >= 0.3 is 0 Å². The third-order valence-corrected chi connectivity index (χ3v) is 7.31. The van der Waals surface area contributed by atoms with E-state index in [1.807, 2.05) is 54.6 Å². The monoisotopic (exact) mass is 512 g/mol. The molecule has 5 rings (SSSR count). The van der Waals surface area contributed by atoms with E-state index in [0.29, 0.717) is 45.8 Å². The minimum absolute atomic E-state index is 0.186. The van der Waals surface area contributed by atoms with E-state index in [2.05, 4.69) is 22.4 Å². The van der Waals surface area contributed by atoms with Gasteiger partial charge in [0.15, 0.2) is 0 Å². The Kier molecular flexibility index (Phi) is 7.25. The summed E-state index contributed by atoms with van der Waals surface area (Å²) in [6.45, 7) is 1.08. The topological polar surface area (TPSA) is 66.7 Å². The molecule has 1 aliphatic heterocycles. The van der Waals surface area contributed by atoms with Crippen LogP contribution in [0.1, 0.15) is 16.7 Å². The van der Waals surface area contributed by atoms with Crippen LogP contribution >= 0.6 is 24.0 Å². The van der Waals surface area contributed by atoms with Crippen LogP contribution in [0, 0.1) is 0 Å². The van der Waals surface area contributed by atoms with E-state index in [4.69, 9.17) is 12.2 Å². The minimum Gasteiger partial charge on any atom is -0.369 e. The third-order valence-electron chi connectivity index (χ3n) is 5.93. The van der Waals surface area contributed by atoms with Crippen LogP contribution in [0.15, 0.2) is 94.8 Å². The first-order valence-corrected chi connectivity index (χ1v) is 12.9. The lowest BCUT2D eigenvalue weighted by Crippen LogP contribution is -2.30. The molecule has 6 nitrogen and oxygen atoms in total. The highest BCUT2D eigenvalue weighted by atomic mass is 32.2. The number of amides is 1. The molecule has 1 saturated heterocycles. The van der Waals surface area contributed by atoms with Gasteiger partial charge in [-0.1, -0.05) is 90.7 Å². The summed E-state index contributed by atoms with van der Waals surface area (Å²) in [6.07, 6.45) is 4.78. The fraction of sp³-hybridized carbons (Fsp3) is 0.143. The van der Waals surface area contributed by atoms with Crippen molar-refractivity contribution in [2.45, 2.75) is 12.8 Å². The van der Waals surface area contributed by atoms with Gasteiger partial charge in [-0.25, -0.2) is 4.98 Å². The van der Waals surface area contributed by atoms with Crippen LogP contribution in [-0.4, -0.2) is 37.6 Å². The van der Waals surface area contributed by atoms with Gasteiger partial charge in [-0.05, 0) is 42.2 Å². The molecule has 1 amide bonds. The summed E-state index contributed by atoms with van der Waals surface area (Å²) in [6, 6.07) is 25.5. The van der Waals surface area contributed by atoms with Crippen LogP contribution < -0.4 is 10.9 Å². The van der Waals surface area contributed by atoms with Gasteiger partial charge in [0, 0.05) is 19.3 Å². The zero-order chi connectivity index (χ0) is 24.9. The first-order valence-electron chi connectivity index (χ1n) is 11.7. The molecule has 1 N–H and O–H groups in total. The maximum atomic E-state index is 13.4. The predicted octanol–water partition coefficient (Wildman–Crippen LogP) is 4.79. The molecule has 4 aromatic rings. The molecule has 0 radical (unpaired) electrons. The average Bonchev–Trinajstić information content (AvgIpc) is 3.18. The molecule has 0 spiro atoms. The summed E-state index contributed by atoms with van der Waals surface area (Å²) < 4.78 is 1.99. The zero-order valence-corrected chi connectivity index (χ0v) is 21.1. The quantitative estimate of drug-likeness (QED) is 0.270. The highest BCUT2D eigenvalue weighted by molar-refractivity contribution is 8.26. The second-order valence-corrected chi connectivity index (χ2v) is 10.0. The molecule has 2 aromatic carbocycles. The molecule has 36 heavy (non-hydrogen) atoms. The Hall–Kier alpha value is -3.75. The van der Waals surface area contributed by atoms with Gasteiger partial charge in [0.05, 0.1) is 10.5 Å². The normalized spacial score (nSPS) is 14.7. The molecule has 0 aliphatic carbocycles. The van der Waals surface area contributed by atoms with Crippen molar-refractivity contribution in [1.82, 2.24) is 14.3 Å². The van der Waals surface area contributed by atoms with Crippen LogP contribution in [0.4, 0.5) is 5.82 Å². The summed E-state index contributed by atoms with van der Waals surface area (Å²) in [5.74, 6) is 0.269. The zero-order valence-electron chi connectivity index (χ0n) is 19.5. The van der Waals surface area contributed by atoms with Gasteiger partial charge in [-0.2, -0.15) is 0 Å². The molecular formula is C28H24N4O2S2. The Labute approximate surface area is 218 Å². The average molecular weight is 513 g/mol. The number of aromatic nitrogens is 2. The van der Waals surface area contributed by atoms with Crippen molar-refractivity contribution in [3.05, 3.63) is 117 Å². The van der Waals surface area contributed by atoms with Crippen LogP contribution in [0.5, 0.6) is 0 Å². The van der Waals surface area contributed by atoms with E-state index >= 15 is 0 Å². The van der Waals surface area contributed by atoms with E-state index < -0.39 is 0 Å². The van der Waals surface area contributed by atoms with Crippen LogP contribution in [0.3, 0.4) is 0 Å². The predicted molar refractivity (Wildman–Crippen MR) is 150 cm³/mol. The lowest BCUT2D eigenvalue weighted by atomic mass is 10.1. The van der Waals surface area contributed by atoms with E-state index in [1.54, 1.807) is 29.3 Å². The van der Waals surface area contributed by atoms with Gasteiger partial charge in [0.25, 0.3) is 11.5 Å². The van der Waals surface area contributed by atoms with Crippen molar-refractivity contribution in [1.29, 1.82) is 0 Å². The van der Waals surface area contributed by atoms with E-state index in [9.17, 15) is 9.59 Å². The molecule has 1 aliphatic rings. The standard InChI is InChI=1S/C28H24N4O2S2/c33-26-22(19-23-27(34)32(28(35)36-23)18-15-21-11-5-2-6-12-21)25(30-24-13-7-8-17-31(24)26)29-16-14-20-9-3-1-4-10-20/h1-13,17,19,29H,14-16,18H2/b23-19+. The summed E-state index contributed by atoms with van der Waals surface area (Å²) >= 11 is 6.73. The van der Waals surface area contributed by atoms with Gasteiger partial charge in [0.2, 0.25) is 0 Å². The molecule has 3 heterocycles. The first-order chi connectivity index (χ1) is 17.6. The van der Waals surface area contributed by atoms with Gasteiger partial charge in [-0.15, -0.1) is 0 Å². The highest BCUT2D eigenvalue weighted by Gasteiger charge is 2.32. The van der Waals surface area contributed by atoms with Crippen molar-refractivity contribution >= 4 is 51.7 Å². The highest BCUT2D eigenvalue weighted by Crippen LogP contribution is 2.33. The molecule has 180 valence electrons. The number of nitrogens with one attached hydrogen (secondary N) is 1. The molecule has 0 saturated carbocycles. The number of rotatable bonds is 8. The summed E-state index contributed by atoms with van der Waals surface area (Å²) in [5.41, 5.74) is 2.96. The largest absolute Gasteiger partial charge is 0.369 e. The second-order valence-electron chi connectivity index (χ2n) is 8.34. The van der Waals surface area contributed by atoms with Crippen molar-refractivity contribution in [2.75, 3.05) is 18.4 Å². The van der Waals surface area contributed by atoms with Crippen molar-refractivity contribution in [3.8, 4) is 0 Å². The third kappa shape index (κ3) is 5.24. The van der Waals surface area contributed by atoms with Gasteiger partial charge in [-0.3, -0.25) is 18.9 Å². The van der Waals surface area contributed by atoms with Crippen molar-refractivity contribution in [2.24, 2.45) is 0 Å². The number of thiocarbonyl (C=S) groups is 1. The molecular weight excluding hydrogens is 488 g/mol. The fourth-order valence-electron chi connectivity index (χ4n) is 4.05. The Bertz CT molecular complexity index is 1500. The number of carbonyl (C=O) groups excluding carboxylic acids is 1. The summed E-state index contributed by atoms with van der Waals surface area (Å²) in [4.78, 5) is 33.4. The molecule has 1 fully saturated rings. The minimum atomic E-state index is -0.239. The maximum Gasteiger partial charge on any atom is 0.267 e. The Balaban J connectivity index is 1.42. The summed E-state index contributed by atoms with van der Waals surface area (Å²) in [7, 11) is 0. The smallest absolute Gasteiger partial charge is 0.267 e. The lowest BCUT2D eigenvalue weighted by molar-refractivity contribution is -0.122. The van der Waals surface area contributed by atoms with E-state index in [-0.39, 0.29) is 11.5 Å². The van der Waals surface area contributed by atoms with Crippen molar-refractivity contribution in [3.63, 3.8) is 0 Å². The number of hydrogen-bond donors (Lipinski definition) is 1. The number of pyridine rings is 1. The fourth-order valence-corrected chi connectivity index (χ4v) is 5.34. The van der Waals surface area contributed by atoms with Crippen LogP contribution in [0.25, 0.3) is 11.7 Å². The first kappa shape index (κ1) is 24.0. The molecule has 8 heteroatoms. The Morgan fingerprint density at radius 3 is 2.28 bits per heavy atom. The van der Waals surface area contributed by atoms with Crippen molar-refractivity contribution < 1.29 is 4.79 Å². The molecule has 0 unspecified atom stereocenters. The van der Waals surface area contributed by atoms with E-state index in [0.717, 1.165) is 12.0 Å². The van der Waals surface area contributed by atoms with Gasteiger partial charge < -0.3 is 5.32 Å². The number of carbonyl (C=O) groups is 1. The lowest BCUT2D eigenvalue weighted by Gasteiger charge is -2.14. The summed E-state index contributed by atoms with van der Waals surface area (Å²) in [5, 5.41) is 3.32. The SMILES string of the molecule is O=C1/C(=C\c2c(NCCc3ccccc3)nc3ccccn3c2=O)SC(=S)N1CCc1ccccc1. The second kappa shape index (κ2) is 10.9. The van der Waals surface area contributed by atoms with Crippen LogP contribution in [0.2, 0.25) is 0 Å². The number of benzene rings is 2. The number of nitrogens with zero attached hydrogens (tertiary/aromatic N) is 3. The molecule has 0 atom stereocenters. The Morgan fingerprint density at radius 2 is 1.56 bits per heavy atom. The van der Waals surface area contributed by atoms with E-state index in [1.165, 1.54) is 21.7 Å². The molecule has 0 bridgehead atoms. The number of fused-ring (bicyclic) bond motifs is 1. The van der Waals surface area contributed by atoms with Crippen LogP contribution in [-0.2, 0) is 17.6 Å². The molecule has 2 aromatic heterocycles. The number of anilines is 1. The number of hydrogen-bond acceptors (Lipinski definition) is 6. The number of thioether (sulfide) groups is 1. The van der Waals surface area contributed by atoms with Gasteiger partial charge in [0.1, 0.15) is 15.8 Å². The Morgan fingerprint density at radius 1 is 0.889 bits per heavy atom.